The first-order valence-corrected chi connectivity index (χ1v) is 7.47. The minimum absolute atomic E-state index is 0.0867. The van der Waals surface area contributed by atoms with E-state index in [2.05, 4.69) is 46.6 Å². The summed E-state index contributed by atoms with van der Waals surface area (Å²) >= 11 is 0. The number of nitrogens with one attached hydrogen (secondary N) is 1. The van der Waals surface area contributed by atoms with Crippen LogP contribution in [0.4, 0.5) is 5.69 Å². The first kappa shape index (κ1) is 12.6. The van der Waals surface area contributed by atoms with Gasteiger partial charge in [-0.2, -0.15) is 0 Å². The van der Waals surface area contributed by atoms with Gasteiger partial charge in [0.1, 0.15) is 0 Å². The van der Waals surface area contributed by atoms with Crippen LogP contribution >= 0.6 is 0 Å². The van der Waals surface area contributed by atoms with Crippen LogP contribution in [0, 0.1) is 5.92 Å². The molecule has 2 aromatic rings. The molecule has 1 saturated heterocycles. The molecule has 0 bridgehead atoms. The Bertz CT molecular complexity index is 668. The zero-order valence-electron chi connectivity index (χ0n) is 11.8. The maximum atomic E-state index is 12.3. The average molecular weight is 278 g/mol. The molecule has 3 heteroatoms. The summed E-state index contributed by atoms with van der Waals surface area (Å²) in [6.45, 7) is 2.73. The Morgan fingerprint density at radius 2 is 1.67 bits per heavy atom. The number of likely N-dealkylation sites (tertiary alicyclic amines) is 1. The molecule has 2 heterocycles. The van der Waals surface area contributed by atoms with E-state index in [1.54, 1.807) is 0 Å². The maximum absolute atomic E-state index is 12.3. The highest BCUT2D eigenvalue weighted by atomic mass is 16.2. The number of carbonyl (C=O) groups excluding carboxylic acids is 1. The van der Waals surface area contributed by atoms with Crippen LogP contribution in [0.3, 0.4) is 0 Å². The number of anilines is 1. The molecule has 0 unspecified atom stereocenters. The molecule has 3 nitrogen and oxygen atoms in total. The third kappa shape index (κ3) is 2.24. The number of rotatable bonds is 2. The van der Waals surface area contributed by atoms with E-state index >= 15 is 0 Å². The molecule has 0 aromatic heterocycles. The second-order valence-corrected chi connectivity index (χ2v) is 5.97. The van der Waals surface area contributed by atoms with E-state index in [0.29, 0.717) is 5.92 Å². The van der Waals surface area contributed by atoms with Crippen LogP contribution in [0.15, 0.2) is 54.6 Å². The standard InChI is InChI=1S/C18H18N2O/c21-18-16-12-20(10-13-6-2-1-3-7-13)11-15(16)14-8-4-5-9-17(14)19-18/h1-9,15-16H,10-12H2,(H,19,21)/t15-,16-/m1/s1. The molecule has 2 aromatic carbocycles. The fourth-order valence-corrected chi connectivity index (χ4v) is 3.60. The van der Waals surface area contributed by atoms with Crippen molar-refractivity contribution in [2.75, 3.05) is 18.4 Å². The lowest BCUT2D eigenvalue weighted by atomic mass is 9.84. The van der Waals surface area contributed by atoms with Gasteiger partial charge < -0.3 is 5.32 Å². The summed E-state index contributed by atoms with van der Waals surface area (Å²) < 4.78 is 0. The minimum atomic E-state index is 0.0867. The van der Waals surface area contributed by atoms with E-state index in [1.165, 1.54) is 11.1 Å². The lowest BCUT2D eigenvalue weighted by Gasteiger charge is -2.26. The Balaban J connectivity index is 1.58. The molecule has 2 aliphatic rings. The lowest BCUT2D eigenvalue weighted by Crippen LogP contribution is -2.33. The van der Waals surface area contributed by atoms with Gasteiger partial charge in [0.15, 0.2) is 0 Å². The molecule has 21 heavy (non-hydrogen) atoms. The van der Waals surface area contributed by atoms with Crippen LogP contribution in [0.5, 0.6) is 0 Å². The summed E-state index contributed by atoms with van der Waals surface area (Å²) in [5.41, 5.74) is 3.59. The first-order valence-electron chi connectivity index (χ1n) is 7.47. The summed E-state index contributed by atoms with van der Waals surface area (Å²) in [4.78, 5) is 14.7. The number of hydrogen-bond donors (Lipinski definition) is 1. The fourth-order valence-electron chi connectivity index (χ4n) is 3.60. The average Bonchev–Trinajstić information content (AvgIpc) is 2.93. The number of nitrogens with zero attached hydrogens (tertiary/aromatic N) is 1. The van der Waals surface area contributed by atoms with Crippen LogP contribution < -0.4 is 5.32 Å². The Labute approximate surface area is 124 Å². The molecule has 2 aliphatic heterocycles. The number of para-hydroxylation sites is 1. The summed E-state index contributed by atoms with van der Waals surface area (Å²) in [5, 5.41) is 3.05. The van der Waals surface area contributed by atoms with Crippen molar-refractivity contribution in [2.24, 2.45) is 5.92 Å². The molecule has 106 valence electrons. The van der Waals surface area contributed by atoms with Crippen molar-refractivity contribution in [3.8, 4) is 0 Å². The van der Waals surface area contributed by atoms with Gasteiger partial charge in [0.25, 0.3) is 0 Å². The van der Waals surface area contributed by atoms with Crippen molar-refractivity contribution >= 4 is 11.6 Å². The molecule has 1 fully saturated rings. The maximum Gasteiger partial charge on any atom is 0.229 e. The monoisotopic (exact) mass is 278 g/mol. The quantitative estimate of drug-likeness (QED) is 0.916. The van der Waals surface area contributed by atoms with Crippen LogP contribution in [0.25, 0.3) is 0 Å². The molecule has 1 amide bonds. The van der Waals surface area contributed by atoms with Gasteiger partial charge in [0.05, 0.1) is 5.92 Å². The van der Waals surface area contributed by atoms with Gasteiger partial charge in [-0.15, -0.1) is 0 Å². The van der Waals surface area contributed by atoms with Crippen LogP contribution in [0.1, 0.15) is 17.0 Å². The molecule has 0 spiro atoms. The van der Waals surface area contributed by atoms with Crippen molar-refractivity contribution in [3.05, 3.63) is 65.7 Å². The molecular weight excluding hydrogens is 260 g/mol. The van der Waals surface area contributed by atoms with Crippen molar-refractivity contribution in [2.45, 2.75) is 12.5 Å². The number of benzene rings is 2. The van der Waals surface area contributed by atoms with Crippen LogP contribution in [0.2, 0.25) is 0 Å². The predicted octanol–water partition coefficient (Wildman–Crippen LogP) is 2.85. The van der Waals surface area contributed by atoms with E-state index in [4.69, 9.17) is 0 Å². The zero-order valence-corrected chi connectivity index (χ0v) is 11.8. The predicted molar refractivity (Wildman–Crippen MR) is 83.0 cm³/mol. The van der Waals surface area contributed by atoms with Gasteiger partial charge in [0.2, 0.25) is 5.91 Å². The van der Waals surface area contributed by atoms with Crippen molar-refractivity contribution in [1.82, 2.24) is 4.90 Å². The van der Waals surface area contributed by atoms with Gasteiger partial charge >= 0.3 is 0 Å². The Kier molecular flexibility index (Phi) is 3.00. The second kappa shape index (κ2) is 5.01. The smallest absolute Gasteiger partial charge is 0.229 e. The molecule has 0 saturated carbocycles. The normalized spacial score (nSPS) is 24.3. The van der Waals surface area contributed by atoms with Crippen molar-refractivity contribution in [3.63, 3.8) is 0 Å². The highest BCUT2D eigenvalue weighted by Crippen LogP contribution is 2.40. The summed E-state index contributed by atoms with van der Waals surface area (Å²) in [6.07, 6.45) is 0. The number of carbonyl (C=O) groups is 1. The molecular formula is C18H18N2O. The molecule has 4 rings (SSSR count). The van der Waals surface area contributed by atoms with Gasteiger partial charge in [-0.1, -0.05) is 48.5 Å². The summed E-state index contributed by atoms with van der Waals surface area (Å²) in [6, 6.07) is 18.7. The number of amides is 1. The Morgan fingerprint density at radius 1 is 0.952 bits per heavy atom. The summed E-state index contributed by atoms with van der Waals surface area (Å²) in [5.74, 6) is 0.594. The number of hydrogen-bond acceptors (Lipinski definition) is 2. The third-order valence-corrected chi connectivity index (χ3v) is 4.60. The molecule has 0 radical (unpaired) electrons. The zero-order chi connectivity index (χ0) is 14.2. The van der Waals surface area contributed by atoms with E-state index in [0.717, 1.165) is 25.3 Å². The Hall–Kier alpha value is -2.13. The van der Waals surface area contributed by atoms with E-state index in [9.17, 15) is 4.79 Å². The largest absolute Gasteiger partial charge is 0.326 e. The van der Waals surface area contributed by atoms with Crippen molar-refractivity contribution < 1.29 is 4.79 Å². The molecule has 1 N–H and O–H groups in total. The van der Waals surface area contributed by atoms with Crippen LogP contribution in [-0.2, 0) is 11.3 Å². The van der Waals surface area contributed by atoms with Gasteiger partial charge in [0, 0.05) is 31.2 Å². The molecule has 2 atom stereocenters. The highest BCUT2D eigenvalue weighted by Gasteiger charge is 2.42. The highest BCUT2D eigenvalue weighted by molar-refractivity contribution is 5.97. The van der Waals surface area contributed by atoms with Crippen LogP contribution in [-0.4, -0.2) is 23.9 Å². The van der Waals surface area contributed by atoms with Gasteiger partial charge in [-0.3, -0.25) is 9.69 Å². The first-order chi connectivity index (χ1) is 10.3. The van der Waals surface area contributed by atoms with Gasteiger partial charge in [-0.05, 0) is 17.2 Å². The fraction of sp³-hybridized carbons (Fsp3) is 0.278. The van der Waals surface area contributed by atoms with E-state index in [-0.39, 0.29) is 11.8 Å². The van der Waals surface area contributed by atoms with E-state index < -0.39 is 0 Å². The number of fused-ring (bicyclic) bond motifs is 3. The SMILES string of the molecule is O=C1Nc2ccccc2[C@H]2CN(Cc3ccccc3)C[C@@H]12. The van der Waals surface area contributed by atoms with Crippen molar-refractivity contribution in [1.29, 1.82) is 0 Å². The Morgan fingerprint density at radius 3 is 2.52 bits per heavy atom. The lowest BCUT2D eigenvalue weighted by molar-refractivity contribution is -0.120. The summed E-state index contributed by atoms with van der Waals surface area (Å²) in [7, 11) is 0. The topological polar surface area (TPSA) is 32.3 Å². The molecule has 0 aliphatic carbocycles. The minimum Gasteiger partial charge on any atom is -0.326 e. The second-order valence-electron chi connectivity index (χ2n) is 5.97. The third-order valence-electron chi connectivity index (χ3n) is 4.60. The van der Waals surface area contributed by atoms with E-state index in [1.807, 2.05) is 18.2 Å². The van der Waals surface area contributed by atoms with Gasteiger partial charge in [-0.25, -0.2) is 0 Å².